The molecule has 0 saturated heterocycles. The Labute approximate surface area is 115 Å². The van der Waals surface area contributed by atoms with Gasteiger partial charge >= 0.3 is 0 Å². The van der Waals surface area contributed by atoms with Crippen LogP contribution in [0.2, 0.25) is 0 Å². The summed E-state index contributed by atoms with van der Waals surface area (Å²) in [6, 6.07) is 10.2. The maximum absolute atomic E-state index is 5.24. The zero-order chi connectivity index (χ0) is 13.0. The van der Waals surface area contributed by atoms with E-state index in [1.807, 2.05) is 25.4 Å². The van der Waals surface area contributed by atoms with Crippen LogP contribution in [0.3, 0.4) is 0 Å². The lowest BCUT2D eigenvalue weighted by molar-refractivity contribution is 0.412. The maximum atomic E-state index is 5.24. The van der Waals surface area contributed by atoms with E-state index in [1.165, 1.54) is 0 Å². The number of hydrogen-bond acceptors (Lipinski definition) is 3. The van der Waals surface area contributed by atoms with Crippen LogP contribution in [0.1, 0.15) is 17.2 Å². The summed E-state index contributed by atoms with van der Waals surface area (Å²) in [4.78, 5) is 4.16. The quantitative estimate of drug-likeness (QED) is 0.942. The largest absolute Gasteiger partial charge is 0.496 e. The number of rotatable bonds is 4. The second kappa shape index (κ2) is 5.98. The van der Waals surface area contributed by atoms with Gasteiger partial charge in [-0.2, -0.15) is 0 Å². The van der Waals surface area contributed by atoms with Gasteiger partial charge in [-0.3, -0.25) is 4.98 Å². The van der Waals surface area contributed by atoms with Gasteiger partial charge in [-0.25, -0.2) is 0 Å². The lowest BCUT2D eigenvalue weighted by Gasteiger charge is -2.17. The number of nitrogens with one attached hydrogen (secondary N) is 1. The summed E-state index contributed by atoms with van der Waals surface area (Å²) >= 11 is 3.51. The Morgan fingerprint density at radius 2 is 2.11 bits per heavy atom. The Kier molecular flexibility index (Phi) is 4.33. The van der Waals surface area contributed by atoms with E-state index in [0.29, 0.717) is 0 Å². The van der Waals surface area contributed by atoms with Crippen molar-refractivity contribution in [1.82, 2.24) is 10.3 Å². The number of hydrogen-bond donors (Lipinski definition) is 1. The first-order valence-corrected chi connectivity index (χ1v) is 6.46. The van der Waals surface area contributed by atoms with Gasteiger partial charge in [0.05, 0.1) is 17.6 Å². The molecule has 0 radical (unpaired) electrons. The molecule has 0 amide bonds. The average molecular weight is 307 g/mol. The van der Waals surface area contributed by atoms with Gasteiger partial charge in [0.25, 0.3) is 0 Å². The van der Waals surface area contributed by atoms with Gasteiger partial charge in [-0.1, -0.05) is 12.1 Å². The minimum absolute atomic E-state index is 0.126. The van der Waals surface area contributed by atoms with E-state index < -0.39 is 0 Å². The third-order valence-corrected chi connectivity index (χ3v) is 3.44. The fourth-order valence-corrected chi connectivity index (χ4v) is 2.49. The van der Waals surface area contributed by atoms with Gasteiger partial charge in [0.2, 0.25) is 0 Å². The van der Waals surface area contributed by atoms with Crippen molar-refractivity contribution in [2.45, 2.75) is 6.04 Å². The van der Waals surface area contributed by atoms with Crippen molar-refractivity contribution in [3.05, 3.63) is 58.3 Å². The Morgan fingerprint density at radius 3 is 2.67 bits per heavy atom. The van der Waals surface area contributed by atoms with Crippen LogP contribution in [-0.2, 0) is 0 Å². The number of methoxy groups -OCH3 is 1. The second-order valence-electron chi connectivity index (χ2n) is 3.90. The van der Waals surface area contributed by atoms with E-state index in [9.17, 15) is 0 Å². The summed E-state index contributed by atoms with van der Waals surface area (Å²) in [7, 11) is 3.60. The van der Waals surface area contributed by atoms with E-state index in [2.05, 4.69) is 44.4 Å². The molecule has 1 aromatic heterocycles. The average Bonchev–Trinajstić information content (AvgIpc) is 2.41. The van der Waals surface area contributed by atoms with Crippen LogP contribution in [0.25, 0.3) is 0 Å². The van der Waals surface area contributed by atoms with Crippen LogP contribution in [0.15, 0.2) is 47.2 Å². The monoisotopic (exact) mass is 306 g/mol. The molecular formula is C14H15BrN2O. The summed E-state index contributed by atoms with van der Waals surface area (Å²) in [5.74, 6) is 0.833. The number of benzene rings is 1. The summed E-state index contributed by atoms with van der Waals surface area (Å²) in [6.45, 7) is 0. The molecule has 1 heterocycles. The van der Waals surface area contributed by atoms with E-state index >= 15 is 0 Å². The van der Waals surface area contributed by atoms with Crippen LogP contribution in [0, 0.1) is 0 Å². The Bertz CT molecular complexity index is 516. The van der Waals surface area contributed by atoms with Crippen molar-refractivity contribution in [2.24, 2.45) is 0 Å². The highest BCUT2D eigenvalue weighted by Crippen LogP contribution is 2.30. The van der Waals surface area contributed by atoms with Crippen LogP contribution in [-0.4, -0.2) is 19.1 Å². The highest BCUT2D eigenvalue weighted by molar-refractivity contribution is 9.10. The summed E-state index contributed by atoms with van der Waals surface area (Å²) in [5, 5.41) is 3.30. The van der Waals surface area contributed by atoms with E-state index in [0.717, 1.165) is 21.3 Å². The normalized spacial score (nSPS) is 12.2. The van der Waals surface area contributed by atoms with Gasteiger partial charge in [0, 0.05) is 12.4 Å². The van der Waals surface area contributed by atoms with Crippen molar-refractivity contribution in [3.63, 3.8) is 0 Å². The van der Waals surface area contributed by atoms with Crippen LogP contribution in [0.4, 0.5) is 0 Å². The second-order valence-corrected chi connectivity index (χ2v) is 4.76. The van der Waals surface area contributed by atoms with Crippen molar-refractivity contribution in [1.29, 1.82) is 0 Å². The molecule has 0 saturated carbocycles. The standard InChI is InChI=1S/C14H15BrN2O/c1-16-14(11-4-3-7-17-9-11)10-5-6-13(18-2)12(15)8-10/h3-9,14,16H,1-2H3. The van der Waals surface area contributed by atoms with Gasteiger partial charge < -0.3 is 10.1 Å². The molecule has 0 spiro atoms. The first-order chi connectivity index (χ1) is 8.76. The zero-order valence-electron chi connectivity index (χ0n) is 10.4. The fourth-order valence-electron chi connectivity index (χ4n) is 1.93. The summed E-state index contributed by atoms with van der Waals surface area (Å²) < 4.78 is 6.19. The van der Waals surface area contributed by atoms with Crippen LogP contribution >= 0.6 is 15.9 Å². The number of ether oxygens (including phenoxy) is 1. The van der Waals surface area contributed by atoms with Gasteiger partial charge in [-0.05, 0) is 52.3 Å². The van der Waals surface area contributed by atoms with Crippen molar-refractivity contribution in [3.8, 4) is 5.75 Å². The molecule has 1 aromatic carbocycles. The number of aromatic nitrogens is 1. The Balaban J connectivity index is 2.37. The van der Waals surface area contributed by atoms with Crippen LogP contribution < -0.4 is 10.1 Å². The molecule has 0 fully saturated rings. The molecule has 0 aliphatic carbocycles. The molecule has 3 nitrogen and oxygen atoms in total. The predicted molar refractivity (Wildman–Crippen MR) is 75.8 cm³/mol. The van der Waals surface area contributed by atoms with Crippen molar-refractivity contribution in [2.75, 3.05) is 14.2 Å². The maximum Gasteiger partial charge on any atom is 0.133 e. The molecule has 0 aliphatic rings. The summed E-state index contributed by atoms with van der Waals surface area (Å²) in [6.07, 6.45) is 3.65. The zero-order valence-corrected chi connectivity index (χ0v) is 11.9. The Hall–Kier alpha value is -1.39. The first-order valence-electron chi connectivity index (χ1n) is 5.67. The number of pyridine rings is 1. The van der Waals surface area contributed by atoms with Crippen molar-refractivity contribution < 1.29 is 4.74 Å². The smallest absolute Gasteiger partial charge is 0.133 e. The minimum Gasteiger partial charge on any atom is -0.496 e. The van der Waals surface area contributed by atoms with Gasteiger partial charge in [0.15, 0.2) is 0 Å². The minimum atomic E-state index is 0.126. The molecule has 1 unspecified atom stereocenters. The number of nitrogens with zero attached hydrogens (tertiary/aromatic N) is 1. The third kappa shape index (κ3) is 2.71. The SMILES string of the molecule is CNC(c1cccnc1)c1ccc(OC)c(Br)c1. The van der Waals surface area contributed by atoms with E-state index in [-0.39, 0.29) is 6.04 Å². The predicted octanol–water partition coefficient (Wildman–Crippen LogP) is 3.16. The molecule has 1 atom stereocenters. The molecule has 2 aromatic rings. The van der Waals surface area contributed by atoms with E-state index in [4.69, 9.17) is 4.74 Å². The van der Waals surface area contributed by atoms with Gasteiger partial charge in [-0.15, -0.1) is 0 Å². The van der Waals surface area contributed by atoms with E-state index in [1.54, 1.807) is 13.3 Å². The van der Waals surface area contributed by atoms with Gasteiger partial charge in [0.1, 0.15) is 5.75 Å². The fraction of sp³-hybridized carbons (Fsp3) is 0.214. The molecule has 1 N–H and O–H groups in total. The molecule has 2 rings (SSSR count). The Morgan fingerprint density at radius 1 is 1.28 bits per heavy atom. The third-order valence-electron chi connectivity index (χ3n) is 2.82. The van der Waals surface area contributed by atoms with Crippen molar-refractivity contribution >= 4 is 15.9 Å². The molecule has 18 heavy (non-hydrogen) atoms. The highest BCUT2D eigenvalue weighted by atomic mass is 79.9. The molecule has 94 valence electrons. The molecular weight excluding hydrogens is 292 g/mol. The molecule has 0 aliphatic heterocycles. The lowest BCUT2D eigenvalue weighted by atomic mass is 10.0. The number of halogens is 1. The van der Waals surface area contributed by atoms with Crippen LogP contribution in [0.5, 0.6) is 5.75 Å². The topological polar surface area (TPSA) is 34.2 Å². The molecule has 0 bridgehead atoms. The highest BCUT2D eigenvalue weighted by Gasteiger charge is 2.13. The lowest BCUT2D eigenvalue weighted by Crippen LogP contribution is -2.17. The summed E-state index contributed by atoms with van der Waals surface area (Å²) in [5.41, 5.74) is 2.30. The first kappa shape index (κ1) is 13.1. The molecule has 4 heteroatoms.